The van der Waals surface area contributed by atoms with Crippen LogP contribution in [0.1, 0.15) is 19.4 Å². The number of sulfone groups is 1. The van der Waals surface area contributed by atoms with Crippen LogP contribution in [0.25, 0.3) is 0 Å². The van der Waals surface area contributed by atoms with Gasteiger partial charge < -0.3 is 0 Å². The highest BCUT2D eigenvalue weighted by molar-refractivity contribution is 7.91. The van der Waals surface area contributed by atoms with Crippen LogP contribution in [-0.4, -0.2) is 18.7 Å². The van der Waals surface area contributed by atoms with E-state index in [2.05, 4.69) is 4.98 Å². The first-order chi connectivity index (χ1) is 6.81. The van der Waals surface area contributed by atoms with Gasteiger partial charge in [-0.1, -0.05) is 23.2 Å². The van der Waals surface area contributed by atoms with Crippen LogP contribution in [0.3, 0.4) is 0 Å². The Hall–Kier alpha value is -0.320. The highest BCUT2D eigenvalue weighted by Crippen LogP contribution is 2.18. The van der Waals surface area contributed by atoms with Gasteiger partial charge in [0.1, 0.15) is 10.3 Å². The molecule has 1 rings (SSSR count). The monoisotopic (exact) mass is 267 g/mol. The standard InChI is InChI=1S/C9H11Cl2NO2S/c1-6(2)15(13,14)5-7-3-8(10)12-9(11)4-7/h3-4,6H,5H2,1-2H3. The second-order valence-electron chi connectivity index (χ2n) is 3.48. The minimum atomic E-state index is -3.13. The molecular formula is C9H11Cl2NO2S. The average molecular weight is 268 g/mol. The molecule has 0 saturated carbocycles. The van der Waals surface area contributed by atoms with Crippen molar-refractivity contribution >= 4 is 33.0 Å². The molecule has 0 saturated heterocycles. The largest absolute Gasteiger partial charge is 0.228 e. The fourth-order valence-corrected chi connectivity index (χ4v) is 2.47. The van der Waals surface area contributed by atoms with Crippen LogP contribution in [0.2, 0.25) is 10.3 Å². The van der Waals surface area contributed by atoms with E-state index in [9.17, 15) is 8.42 Å². The molecule has 0 aliphatic heterocycles. The third-order valence-electron chi connectivity index (χ3n) is 1.91. The summed E-state index contributed by atoms with van der Waals surface area (Å²) in [6.07, 6.45) is 0. The molecule has 15 heavy (non-hydrogen) atoms. The van der Waals surface area contributed by atoms with Crippen molar-refractivity contribution in [3.8, 4) is 0 Å². The third-order valence-corrected chi connectivity index (χ3v) is 4.47. The van der Waals surface area contributed by atoms with Gasteiger partial charge in [0, 0.05) is 0 Å². The van der Waals surface area contributed by atoms with Crippen molar-refractivity contribution in [3.63, 3.8) is 0 Å². The van der Waals surface area contributed by atoms with Crippen LogP contribution in [-0.2, 0) is 15.6 Å². The van der Waals surface area contributed by atoms with Crippen molar-refractivity contribution in [1.82, 2.24) is 4.98 Å². The Morgan fingerprint density at radius 3 is 2.13 bits per heavy atom. The van der Waals surface area contributed by atoms with Gasteiger partial charge in [-0.15, -0.1) is 0 Å². The molecule has 0 atom stereocenters. The van der Waals surface area contributed by atoms with Gasteiger partial charge in [-0.05, 0) is 31.5 Å². The van der Waals surface area contributed by atoms with Gasteiger partial charge in [-0.25, -0.2) is 13.4 Å². The zero-order chi connectivity index (χ0) is 11.6. The topological polar surface area (TPSA) is 47.0 Å². The van der Waals surface area contributed by atoms with E-state index in [0.29, 0.717) is 5.56 Å². The summed E-state index contributed by atoms with van der Waals surface area (Å²) in [6.45, 7) is 3.28. The summed E-state index contributed by atoms with van der Waals surface area (Å²) in [5.41, 5.74) is 0.564. The fourth-order valence-electron chi connectivity index (χ4n) is 0.997. The normalized spacial score (nSPS) is 12.1. The summed E-state index contributed by atoms with van der Waals surface area (Å²) in [4.78, 5) is 3.75. The van der Waals surface area contributed by atoms with Crippen molar-refractivity contribution in [2.24, 2.45) is 0 Å². The molecule has 84 valence electrons. The van der Waals surface area contributed by atoms with E-state index < -0.39 is 15.1 Å². The van der Waals surface area contributed by atoms with Crippen LogP contribution in [0.4, 0.5) is 0 Å². The predicted octanol–water partition coefficient (Wildman–Crippen LogP) is 2.71. The first kappa shape index (κ1) is 12.7. The summed E-state index contributed by atoms with van der Waals surface area (Å²) in [5.74, 6) is -0.0629. The maximum Gasteiger partial charge on any atom is 0.156 e. The lowest BCUT2D eigenvalue weighted by atomic mass is 10.3. The Morgan fingerprint density at radius 2 is 1.73 bits per heavy atom. The summed E-state index contributed by atoms with van der Waals surface area (Å²) in [7, 11) is -3.13. The molecule has 1 aromatic heterocycles. The van der Waals surface area contributed by atoms with E-state index in [1.807, 2.05) is 0 Å². The lowest BCUT2D eigenvalue weighted by Gasteiger charge is -2.07. The first-order valence-corrected chi connectivity index (χ1v) is 6.82. The van der Waals surface area contributed by atoms with Gasteiger partial charge in [-0.2, -0.15) is 0 Å². The SMILES string of the molecule is CC(C)S(=O)(=O)Cc1cc(Cl)nc(Cl)c1. The average Bonchev–Trinajstić information content (AvgIpc) is 1.99. The minimum absolute atomic E-state index is 0.0629. The van der Waals surface area contributed by atoms with Crippen LogP contribution >= 0.6 is 23.2 Å². The smallest absolute Gasteiger partial charge is 0.156 e. The van der Waals surface area contributed by atoms with Gasteiger partial charge in [-0.3, -0.25) is 0 Å². The lowest BCUT2D eigenvalue weighted by molar-refractivity contribution is 0.586. The summed E-state index contributed by atoms with van der Waals surface area (Å²) in [5, 5.41) is -0.00358. The molecule has 0 aliphatic rings. The van der Waals surface area contributed by atoms with Crippen molar-refractivity contribution < 1.29 is 8.42 Å². The van der Waals surface area contributed by atoms with E-state index in [1.54, 1.807) is 13.8 Å². The maximum absolute atomic E-state index is 11.6. The molecule has 0 radical (unpaired) electrons. The zero-order valence-electron chi connectivity index (χ0n) is 8.37. The number of halogens is 2. The molecule has 1 aromatic rings. The van der Waals surface area contributed by atoms with E-state index in [-0.39, 0.29) is 16.1 Å². The molecular weight excluding hydrogens is 257 g/mol. The second-order valence-corrected chi connectivity index (χ2v) is 6.81. The number of hydrogen-bond donors (Lipinski definition) is 0. The minimum Gasteiger partial charge on any atom is -0.228 e. The van der Waals surface area contributed by atoms with E-state index >= 15 is 0 Å². The highest BCUT2D eigenvalue weighted by atomic mass is 35.5. The van der Waals surface area contributed by atoms with E-state index in [1.165, 1.54) is 12.1 Å². The Balaban J connectivity index is 3.00. The van der Waals surface area contributed by atoms with Crippen LogP contribution in [0.15, 0.2) is 12.1 Å². The van der Waals surface area contributed by atoms with Gasteiger partial charge in [0.15, 0.2) is 9.84 Å². The Labute approximate surface area is 99.3 Å². The molecule has 0 unspecified atom stereocenters. The molecule has 0 spiro atoms. The number of rotatable bonds is 3. The van der Waals surface area contributed by atoms with E-state index in [4.69, 9.17) is 23.2 Å². The number of aromatic nitrogens is 1. The quantitative estimate of drug-likeness (QED) is 0.792. The van der Waals surface area contributed by atoms with Crippen LogP contribution in [0.5, 0.6) is 0 Å². The molecule has 0 aliphatic carbocycles. The van der Waals surface area contributed by atoms with Gasteiger partial charge in [0.25, 0.3) is 0 Å². The predicted molar refractivity (Wildman–Crippen MR) is 62.0 cm³/mol. The Bertz CT molecular complexity index is 437. The molecule has 6 heteroatoms. The molecule has 0 amide bonds. The van der Waals surface area contributed by atoms with Crippen molar-refractivity contribution in [3.05, 3.63) is 28.0 Å². The van der Waals surface area contributed by atoms with Crippen molar-refractivity contribution in [2.45, 2.75) is 24.9 Å². The van der Waals surface area contributed by atoms with Crippen molar-refractivity contribution in [1.29, 1.82) is 0 Å². The van der Waals surface area contributed by atoms with Gasteiger partial charge in [0.2, 0.25) is 0 Å². The zero-order valence-corrected chi connectivity index (χ0v) is 10.7. The molecule has 0 fully saturated rings. The lowest BCUT2D eigenvalue weighted by Crippen LogP contribution is -2.16. The number of pyridine rings is 1. The summed E-state index contributed by atoms with van der Waals surface area (Å²) >= 11 is 11.3. The molecule has 1 heterocycles. The summed E-state index contributed by atoms with van der Waals surface area (Å²) < 4.78 is 23.2. The van der Waals surface area contributed by atoms with Crippen LogP contribution < -0.4 is 0 Å². The second kappa shape index (κ2) is 4.68. The highest BCUT2D eigenvalue weighted by Gasteiger charge is 2.17. The maximum atomic E-state index is 11.6. The van der Waals surface area contributed by atoms with Crippen LogP contribution in [0, 0.1) is 0 Å². The molecule has 0 bridgehead atoms. The third kappa shape index (κ3) is 3.63. The van der Waals surface area contributed by atoms with E-state index in [0.717, 1.165) is 0 Å². The Kier molecular flexibility index (Phi) is 3.98. The molecule has 3 nitrogen and oxygen atoms in total. The Morgan fingerprint density at radius 1 is 1.27 bits per heavy atom. The number of nitrogens with zero attached hydrogens (tertiary/aromatic N) is 1. The summed E-state index contributed by atoms with van der Waals surface area (Å²) in [6, 6.07) is 3.01. The fraction of sp³-hybridized carbons (Fsp3) is 0.444. The first-order valence-electron chi connectivity index (χ1n) is 4.35. The van der Waals surface area contributed by atoms with Gasteiger partial charge >= 0.3 is 0 Å². The molecule has 0 aromatic carbocycles. The molecule has 0 N–H and O–H groups in total. The van der Waals surface area contributed by atoms with Crippen molar-refractivity contribution in [2.75, 3.05) is 0 Å². The van der Waals surface area contributed by atoms with Gasteiger partial charge in [0.05, 0.1) is 11.0 Å². The number of hydrogen-bond acceptors (Lipinski definition) is 3.